The number of nitriles is 2. The van der Waals surface area contributed by atoms with Crippen molar-refractivity contribution in [2.45, 2.75) is 0 Å². The minimum Gasteiger partial charge on any atom is -0.309 e. The van der Waals surface area contributed by atoms with E-state index in [1.165, 1.54) is 16.3 Å². The summed E-state index contributed by atoms with van der Waals surface area (Å²) in [7, 11) is 0. The average molecular weight is 535 g/mol. The quantitative estimate of drug-likeness (QED) is 0.227. The second kappa shape index (κ2) is 9.24. The van der Waals surface area contributed by atoms with Gasteiger partial charge in [0.15, 0.2) is 0 Å². The SMILES string of the molecule is N#Cc1ccc(-n2c3ccccc3c3cc4c5ccccc5n(-c5cccc(-c6ccccc6)c5)c4cc32)c(C#N)c1. The van der Waals surface area contributed by atoms with Crippen molar-refractivity contribution in [1.82, 2.24) is 9.13 Å². The van der Waals surface area contributed by atoms with Crippen LogP contribution in [0.25, 0.3) is 66.1 Å². The lowest BCUT2D eigenvalue weighted by Gasteiger charge is -2.12. The molecule has 0 aliphatic carbocycles. The van der Waals surface area contributed by atoms with Crippen LogP contribution in [0.15, 0.2) is 133 Å². The van der Waals surface area contributed by atoms with Crippen molar-refractivity contribution in [2.75, 3.05) is 0 Å². The molecule has 8 aromatic rings. The molecule has 0 N–H and O–H groups in total. The standard InChI is InChI=1S/C38H22N4/c39-23-25-17-18-34(28(19-25)24-40)42-36-16-7-5-14-31(36)33-21-32-30-13-4-6-15-35(30)41(37(32)22-38(33)42)29-12-8-11-27(20-29)26-9-2-1-3-10-26/h1-22H. The molecule has 2 aromatic heterocycles. The van der Waals surface area contributed by atoms with Gasteiger partial charge >= 0.3 is 0 Å². The Hall–Kier alpha value is -6.10. The zero-order chi connectivity index (χ0) is 28.2. The van der Waals surface area contributed by atoms with E-state index < -0.39 is 0 Å². The first-order valence-electron chi connectivity index (χ1n) is 13.8. The first-order valence-corrected chi connectivity index (χ1v) is 13.8. The molecule has 0 bridgehead atoms. The van der Waals surface area contributed by atoms with Crippen LogP contribution in [0, 0.1) is 22.7 Å². The largest absolute Gasteiger partial charge is 0.309 e. The monoisotopic (exact) mass is 534 g/mol. The van der Waals surface area contributed by atoms with Crippen LogP contribution in [0.2, 0.25) is 0 Å². The summed E-state index contributed by atoms with van der Waals surface area (Å²) >= 11 is 0. The van der Waals surface area contributed by atoms with Crippen LogP contribution < -0.4 is 0 Å². The third-order valence-corrected chi connectivity index (χ3v) is 8.16. The summed E-state index contributed by atoms with van der Waals surface area (Å²) in [6, 6.07) is 50.3. The molecule has 4 nitrogen and oxygen atoms in total. The predicted molar refractivity (Wildman–Crippen MR) is 170 cm³/mol. The zero-order valence-electron chi connectivity index (χ0n) is 22.5. The Balaban J connectivity index is 1.49. The van der Waals surface area contributed by atoms with Crippen LogP contribution in [0.4, 0.5) is 0 Å². The van der Waals surface area contributed by atoms with Crippen molar-refractivity contribution in [1.29, 1.82) is 10.5 Å². The summed E-state index contributed by atoms with van der Waals surface area (Å²) in [4.78, 5) is 0. The first-order chi connectivity index (χ1) is 20.7. The molecule has 4 heteroatoms. The summed E-state index contributed by atoms with van der Waals surface area (Å²) in [5.74, 6) is 0. The number of rotatable bonds is 3. The third-order valence-electron chi connectivity index (χ3n) is 8.16. The Kier molecular flexibility index (Phi) is 5.22. The van der Waals surface area contributed by atoms with Gasteiger partial charge < -0.3 is 9.13 Å². The maximum absolute atomic E-state index is 10.1. The van der Waals surface area contributed by atoms with Gasteiger partial charge in [0, 0.05) is 27.2 Å². The Morgan fingerprint density at radius 2 is 1.07 bits per heavy atom. The topological polar surface area (TPSA) is 57.4 Å². The molecule has 0 amide bonds. The van der Waals surface area contributed by atoms with Crippen LogP contribution in [-0.2, 0) is 0 Å². The molecule has 0 spiro atoms. The molecule has 8 rings (SSSR count). The van der Waals surface area contributed by atoms with Crippen molar-refractivity contribution < 1.29 is 0 Å². The summed E-state index contributed by atoms with van der Waals surface area (Å²) in [6.45, 7) is 0. The lowest BCUT2D eigenvalue weighted by molar-refractivity contribution is 1.16. The summed E-state index contributed by atoms with van der Waals surface area (Å²) in [6.07, 6.45) is 0. The van der Waals surface area contributed by atoms with E-state index in [1.807, 2.05) is 18.2 Å². The van der Waals surface area contributed by atoms with Crippen LogP contribution in [0.5, 0.6) is 0 Å². The first kappa shape index (κ1) is 23.8. The van der Waals surface area contributed by atoms with E-state index in [0.717, 1.165) is 49.8 Å². The van der Waals surface area contributed by atoms with Gasteiger partial charge in [-0.15, -0.1) is 0 Å². The highest BCUT2D eigenvalue weighted by Crippen LogP contribution is 2.40. The van der Waals surface area contributed by atoms with Gasteiger partial charge in [-0.2, -0.15) is 10.5 Å². The van der Waals surface area contributed by atoms with Crippen LogP contribution in [-0.4, -0.2) is 9.13 Å². The fourth-order valence-corrected chi connectivity index (χ4v) is 6.31. The van der Waals surface area contributed by atoms with Crippen LogP contribution >= 0.6 is 0 Å². The van der Waals surface area contributed by atoms with Gasteiger partial charge in [-0.3, -0.25) is 0 Å². The van der Waals surface area contributed by atoms with Crippen LogP contribution in [0.1, 0.15) is 11.1 Å². The molecule has 194 valence electrons. The van der Waals surface area contributed by atoms with Gasteiger partial charge in [-0.25, -0.2) is 0 Å². The fourth-order valence-electron chi connectivity index (χ4n) is 6.31. The molecule has 0 fully saturated rings. The Bertz CT molecular complexity index is 2430. The van der Waals surface area contributed by atoms with Gasteiger partial charge in [-0.05, 0) is 65.7 Å². The minimum absolute atomic E-state index is 0.466. The second-order valence-electron chi connectivity index (χ2n) is 10.5. The molecule has 0 aliphatic heterocycles. The molecule has 0 radical (unpaired) electrons. The number of fused-ring (bicyclic) bond motifs is 6. The highest BCUT2D eigenvalue weighted by Gasteiger charge is 2.19. The normalized spacial score (nSPS) is 11.3. The number of hydrogen-bond acceptors (Lipinski definition) is 2. The zero-order valence-corrected chi connectivity index (χ0v) is 22.5. The Morgan fingerprint density at radius 3 is 1.79 bits per heavy atom. The molecular weight excluding hydrogens is 512 g/mol. The maximum atomic E-state index is 10.1. The van der Waals surface area contributed by atoms with Gasteiger partial charge in [0.2, 0.25) is 0 Å². The molecule has 42 heavy (non-hydrogen) atoms. The van der Waals surface area contributed by atoms with Crippen molar-refractivity contribution in [3.05, 3.63) is 145 Å². The van der Waals surface area contributed by atoms with Crippen molar-refractivity contribution in [3.63, 3.8) is 0 Å². The van der Waals surface area contributed by atoms with Crippen molar-refractivity contribution in [2.24, 2.45) is 0 Å². The van der Waals surface area contributed by atoms with Gasteiger partial charge in [0.05, 0.1) is 45.0 Å². The van der Waals surface area contributed by atoms with Gasteiger partial charge in [0.1, 0.15) is 6.07 Å². The lowest BCUT2D eigenvalue weighted by atomic mass is 10.1. The number of aromatic nitrogens is 2. The molecule has 2 heterocycles. The molecule has 6 aromatic carbocycles. The molecule has 0 unspecified atom stereocenters. The van der Waals surface area contributed by atoms with Crippen molar-refractivity contribution >= 4 is 43.6 Å². The van der Waals surface area contributed by atoms with Crippen LogP contribution in [0.3, 0.4) is 0 Å². The predicted octanol–water partition coefficient (Wildman–Crippen LogP) is 9.29. The average Bonchev–Trinajstić information content (AvgIpc) is 3.56. The molecular formula is C38H22N4. The van der Waals surface area contributed by atoms with E-state index in [4.69, 9.17) is 0 Å². The van der Waals surface area contributed by atoms with E-state index in [2.05, 4.69) is 124 Å². The minimum atomic E-state index is 0.466. The van der Waals surface area contributed by atoms with Gasteiger partial charge in [0.25, 0.3) is 0 Å². The van der Waals surface area contributed by atoms with Crippen molar-refractivity contribution in [3.8, 4) is 34.6 Å². The number of benzene rings is 6. The van der Waals surface area contributed by atoms with E-state index in [1.54, 1.807) is 12.1 Å². The van der Waals surface area contributed by atoms with E-state index in [-0.39, 0.29) is 0 Å². The summed E-state index contributed by atoms with van der Waals surface area (Å²) in [5.41, 5.74) is 9.36. The highest BCUT2D eigenvalue weighted by atomic mass is 15.0. The Morgan fingerprint density at radius 1 is 0.429 bits per heavy atom. The molecule has 0 atom stereocenters. The smallest absolute Gasteiger partial charge is 0.101 e. The van der Waals surface area contributed by atoms with Gasteiger partial charge in [-0.1, -0.05) is 78.9 Å². The second-order valence-corrected chi connectivity index (χ2v) is 10.5. The summed E-state index contributed by atoms with van der Waals surface area (Å²) in [5, 5.41) is 24.2. The number of para-hydroxylation sites is 2. The van der Waals surface area contributed by atoms with E-state index >= 15 is 0 Å². The molecule has 0 saturated carbocycles. The number of nitrogens with zero attached hydrogens (tertiary/aromatic N) is 4. The lowest BCUT2D eigenvalue weighted by Crippen LogP contribution is -1.99. The summed E-state index contributed by atoms with van der Waals surface area (Å²) < 4.78 is 4.49. The molecule has 0 saturated heterocycles. The maximum Gasteiger partial charge on any atom is 0.101 e. The number of hydrogen-bond donors (Lipinski definition) is 0. The fraction of sp³-hybridized carbons (Fsp3) is 0. The third kappa shape index (κ3) is 3.47. The van der Waals surface area contributed by atoms with E-state index in [9.17, 15) is 10.5 Å². The Labute approximate surface area is 242 Å². The van der Waals surface area contributed by atoms with E-state index in [0.29, 0.717) is 11.1 Å². The molecule has 0 aliphatic rings. The highest BCUT2D eigenvalue weighted by molar-refractivity contribution is 6.19.